The highest BCUT2D eigenvalue weighted by Gasteiger charge is 2.17. The molecule has 2 aromatic rings. The zero-order chi connectivity index (χ0) is 12.4. The molecule has 0 aliphatic rings. The number of carbonyl (C=O) groups is 1. The predicted molar refractivity (Wildman–Crippen MR) is 71.0 cm³/mol. The highest BCUT2D eigenvalue weighted by Crippen LogP contribution is 2.23. The summed E-state index contributed by atoms with van der Waals surface area (Å²) in [5.74, 6) is 0.159. The van der Waals surface area contributed by atoms with Gasteiger partial charge in [-0.15, -0.1) is 0 Å². The SMILES string of the molecule is Cc1ccnc(N)c1C(=O)c1ccccc1Br. The fraction of sp³-hybridized carbons (Fsp3) is 0.0769. The fourth-order valence-electron chi connectivity index (χ4n) is 1.65. The van der Waals surface area contributed by atoms with E-state index in [-0.39, 0.29) is 11.6 Å². The van der Waals surface area contributed by atoms with E-state index in [1.165, 1.54) is 0 Å². The zero-order valence-corrected chi connectivity index (χ0v) is 10.9. The quantitative estimate of drug-likeness (QED) is 0.865. The molecule has 0 aliphatic carbocycles. The van der Waals surface area contributed by atoms with Crippen LogP contribution in [0.5, 0.6) is 0 Å². The van der Waals surface area contributed by atoms with Crippen LogP contribution < -0.4 is 5.73 Å². The van der Waals surface area contributed by atoms with Gasteiger partial charge in [0.15, 0.2) is 5.78 Å². The van der Waals surface area contributed by atoms with E-state index >= 15 is 0 Å². The lowest BCUT2D eigenvalue weighted by atomic mass is 10.0. The Balaban J connectivity index is 2.56. The average molecular weight is 291 g/mol. The summed E-state index contributed by atoms with van der Waals surface area (Å²) in [5.41, 5.74) is 7.66. The van der Waals surface area contributed by atoms with E-state index in [0.29, 0.717) is 11.1 Å². The Morgan fingerprint density at radius 3 is 2.65 bits per heavy atom. The molecule has 0 amide bonds. The summed E-state index contributed by atoms with van der Waals surface area (Å²) in [6.07, 6.45) is 1.60. The third kappa shape index (κ3) is 2.22. The number of hydrogen-bond donors (Lipinski definition) is 1. The molecule has 0 radical (unpaired) electrons. The molecule has 0 bridgehead atoms. The normalized spacial score (nSPS) is 10.2. The third-order valence-electron chi connectivity index (χ3n) is 2.53. The number of benzene rings is 1. The maximum Gasteiger partial charge on any atom is 0.198 e. The highest BCUT2D eigenvalue weighted by molar-refractivity contribution is 9.10. The van der Waals surface area contributed by atoms with Crippen LogP contribution in [0.4, 0.5) is 5.82 Å². The van der Waals surface area contributed by atoms with Gasteiger partial charge in [-0.05, 0) is 30.7 Å². The first-order valence-corrected chi connectivity index (χ1v) is 5.91. The Kier molecular flexibility index (Phi) is 3.24. The summed E-state index contributed by atoms with van der Waals surface area (Å²) in [4.78, 5) is 16.3. The van der Waals surface area contributed by atoms with Crippen LogP contribution in [0.2, 0.25) is 0 Å². The molecular formula is C13H11BrN2O. The van der Waals surface area contributed by atoms with Crippen molar-refractivity contribution < 1.29 is 4.79 Å². The number of rotatable bonds is 2. The lowest BCUT2D eigenvalue weighted by Gasteiger charge is -2.08. The lowest BCUT2D eigenvalue weighted by Crippen LogP contribution is -2.09. The minimum atomic E-state index is -0.111. The van der Waals surface area contributed by atoms with Gasteiger partial charge in [-0.3, -0.25) is 4.79 Å². The van der Waals surface area contributed by atoms with Gasteiger partial charge in [0.25, 0.3) is 0 Å². The van der Waals surface area contributed by atoms with Crippen molar-refractivity contribution in [2.75, 3.05) is 5.73 Å². The summed E-state index contributed by atoms with van der Waals surface area (Å²) in [7, 11) is 0. The number of hydrogen-bond acceptors (Lipinski definition) is 3. The van der Waals surface area contributed by atoms with Gasteiger partial charge in [0, 0.05) is 16.2 Å². The van der Waals surface area contributed by atoms with Crippen LogP contribution in [0.25, 0.3) is 0 Å². The summed E-state index contributed by atoms with van der Waals surface area (Å²) < 4.78 is 0.757. The molecule has 4 heteroatoms. The van der Waals surface area contributed by atoms with E-state index in [2.05, 4.69) is 20.9 Å². The Labute approximate surface area is 108 Å². The fourth-order valence-corrected chi connectivity index (χ4v) is 2.12. The van der Waals surface area contributed by atoms with Crippen molar-refractivity contribution in [2.24, 2.45) is 0 Å². The maximum atomic E-state index is 12.4. The molecular weight excluding hydrogens is 280 g/mol. The van der Waals surface area contributed by atoms with Crippen molar-refractivity contribution >= 4 is 27.5 Å². The van der Waals surface area contributed by atoms with Crippen LogP contribution in [0, 0.1) is 6.92 Å². The molecule has 0 saturated heterocycles. The third-order valence-corrected chi connectivity index (χ3v) is 3.23. The van der Waals surface area contributed by atoms with Crippen molar-refractivity contribution in [2.45, 2.75) is 6.92 Å². The van der Waals surface area contributed by atoms with E-state index in [0.717, 1.165) is 10.0 Å². The smallest absolute Gasteiger partial charge is 0.198 e. The van der Waals surface area contributed by atoms with Crippen LogP contribution in [-0.4, -0.2) is 10.8 Å². The van der Waals surface area contributed by atoms with Gasteiger partial charge < -0.3 is 5.73 Å². The summed E-state index contributed by atoms with van der Waals surface area (Å²) >= 11 is 3.36. The van der Waals surface area contributed by atoms with Gasteiger partial charge >= 0.3 is 0 Å². The van der Waals surface area contributed by atoms with E-state index < -0.39 is 0 Å². The van der Waals surface area contributed by atoms with E-state index in [9.17, 15) is 4.79 Å². The molecule has 3 nitrogen and oxygen atoms in total. The van der Waals surface area contributed by atoms with Gasteiger partial charge in [-0.25, -0.2) is 4.98 Å². The molecule has 86 valence electrons. The Morgan fingerprint density at radius 2 is 2.00 bits per heavy atom. The molecule has 1 heterocycles. The average Bonchev–Trinajstić information content (AvgIpc) is 2.29. The topological polar surface area (TPSA) is 56.0 Å². The van der Waals surface area contributed by atoms with Crippen LogP contribution in [0.1, 0.15) is 21.5 Å². The monoisotopic (exact) mass is 290 g/mol. The molecule has 2 rings (SSSR count). The molecule has 0 spiro atoms. The Morgan fingerprint density at radius 1 is 1.29 bits per heavy atom. The van der Waals surface area contributed by atoms with Crippen molar-refractivity contribution in [3.63, 3.8) is 0 Å². The first-order chi connectivity index (χ1) is 8.11. The van der Waals surface area contributed by atoms with Crippen molar-refractivity contribution in [3.8, 4) is 0 Å². The Bertz CT molecular complexity index is 561. The molecule has 0 atom stereocenters. The largest absolute Gasteiger partial charge is 0.383 e. The van der Waals surface area contributed by atoms with Crippen LogP contribution in [-0.2, 0) is 0 Å². The molecule has 0 unspecified atom stereocenters. The first kappa shape index (κ1) is 11.8. The van der Waals surface area contributed by atoms with E-state index in [1.807, 2.05) is 25.1 Å². The number of pyridine rings is 1. The summed E-state index contributed by atoms with van der Waals surface area (Å²) in [6.45, 7) is 1.85. The van der Waals surface area contributed by atoms with Crippen molar-refractivity contribution in [3.05, 3.63) is 57.7 Å². The molecule has 17 heavy (non-hydrogen) atoms. The number of nitrogen functional groups attached to an aromatic ring is 1. The summed E-state index contributed by atoms with van der Waals surface area (Å²) in [6, 6.07) is 9.05. The molecule has 1 aromatic carbocycles. The zero-order valence-electron chi connectivity index (χ0n) is 9.27. The number of anilines is 1. The number of ketones is 1. The second-order valence-corrected chi connectivity index (χ2v) is 4.55. The number of aromatic nitrogens is 1. The predicted octanol–water partition coefficient (Wildman–Crippen LogP) is 2.97. The number of aryl methyl sites for hydroxylation is 1. The number of nitrogens with two attached hydrogens (primary N) is 1. The van der Waals surface area contributed by atoms with Gasteiger partial charge in [0.05, 0.1) is 5.56 Å². The van der Waals surface area contributed by atoms with Gasteiger partial charge in [0.2, 0.25) is 0 Å². The van der Waals surface area contributed by atoms with E-state index in [4.69, 9.17) is 5.73 Å². The molecule has 0 saturated carbocycles. The Hall–Kier alpha value is -1.68. The highest BCUT2D eigenvalue weighted by atomic mass is 79.9. The maximum absolute atomic E-state index is 12.4. The second-order valence-electron chi connectivity index (χ2n) is 3.70. The van der Waals surface area contributed by atoms with Crippen LogP contribution in [0.3, 0.4) is 0 Å². The number of nitrogens with zero attached hydrogens (tertiary/aromatic N) is 1. The second kappa shape index (κ2) is 4.67. The molecule has 0 fully saturated rings. The van der Waals surface area contributed by atoms with Crippen LogP contribution >= 0.6 is 15.9 Å². The van der Waals surface area contributed by atoms with Gasteiger partial charge in [-0.2, -0.15) is 0 Å². The molecule has 2 N–H and O–H groups in total. The lowest BCUT2D eigenvalue weighted by molar-refractivity contribution is 0.103. The van der Waals surface area contributed by atoms with E-state index in [1.54, 1.807) is 18.3 Å². The first-order valence-electron chi connectivity index (χ1n) is 5.11. The standard InChI is InChI=1S/C13H11BrN2O/c1-8-6-7-16-13(15)11(8)12(17)9-4-2-3-5-10(9)14/h2-7H,1H3,(H2,15,16). The summed E-state index contributed by atoms with van der Waals surface area (Å²) in [5, 5.41) is 0. The minimum absolute atomic E-state index is 0.111. The minimum Gasteiger partial charge on any atom is -0.383 e. The molecule has 0 aliphatic heterocycles. The molecule has 1 aromatic heterocycles. The number of halogens is 1. The van der Waals surface area contributed by atoms with Crippen molar-refractivity contribution in [1.29, 1.82) is 0 Å². The number of carbonyl (C=O) groups excluding carboxylic acids is 1. The van der Waals surface area contributed by atoms with Crippen LogP contribution in [0.15, 0.2) is 41.0 Å². The van der Waals surface area contributed by atoms with Gasteiger partial charge in [-0.1, -0.05) is 28.1 Å². The van der Waals surface area contributed by atoms with Crippen molar-refractivity contribution in [1.82, 2.24) is 4.98 Å². The van der Waals surface area contributed by atoms with Gasteiger partial charge in [0.1, 0.15) is 5.82 Å².